The van der Waals surface area contributed by atoms with E-state index in [9.17, 15) is 0 Å². The Morgan fingerprint density at radius 2 is 2.23 bits per heavy atom. The molecule has 0 atom stereocenters. The Hall–Kier alpha value is -1.44. The van der Waals surface area contributed by atoms with Crippen molar-refractivity contribution in [3.8, 4) is 5.75 Å². The van der Waals surface area contributed by atoms with Crippen molar-refractivity contribution >= 4 is 5.69 Å². The molecule has 1 aromatic rings. The van der Waals surface area contributed by atoms with E-state index in [1.54, 1.807) is 0 Å². The predicted molar refractivity (Wildman–Crippen MR) is 54.1 cm³/mol. The normalized spacial score (nSPS) is 14.7. The molecular formula is C11H13NO. The van der Waals surface area contributed by atoms with Crippen LogP contribution in [-0.2, 0) is 0 Å². The molecule has 1 heterocycles. The van der Waals surface area contributed by atoms with E-state index in [-0.39, 0.29) is 0 Å². The number of para-hydroxylation sites is 2. The highest BCUT2D eigenvalue weighted by atomic mass is 16.5. The van der Waals surface area contributed by atoms with Crippen LogP contribution >= 0.6 is 0 Å². The van der Waals surface area contributed by atoms with Gasteiger partial charge in [0.25, 0.3) is 0 Å². The number of hydrogen-bond donors (Lipinski definition) is 0. The van der Waals surface area contributed by atoms with Crippen LogP contribution in [0.15, 0.2) is 36.5 Å². The molecule has 0 saturated carbocycles. The van der Waals surface area contributed by atoms with E-state index >= 15 is 0 Å². The van der Waals surface area contributed by atoms with Crippen molar-refractivity contribution in [1.82, 2.24) is 0 Å². The van der Waals surface area contributed by atoms with E-state index in [0.717, 1.165) is 30.3 Å². The molecule has 0 spiro atoms. The van der Waals surface area contributed by atoms with Gasteiger partial charge in [-0.25, -0.2) is 0 Å². The van der Waals surface area contributed by atoms with Crippen LogP contribution in [0, 0.1) is 0 Å². The third-order valence-corrected chi connectivity index (χ3v) is 2.19. The summed E-state index contributed by atoms with van der Waals surface area (Å²) in [6.07, 6.45) is 0. The second-order valence-corrected chi connectivity index (χ2v) is 3.20. The lowest BCUT2D eigenvalue weighted by Gasteiger charge is -2.31. The number of ether oxygens (including phenoxy) is 1. The van der Waals surface area contributed by atoms with E-state index in [2.05, 4.69) is 17.5 Å². The Morgan fingerprint density at radius 1 is 1.46 bits per heavy atom. The Bertz CT molecular complexity index is 333. The molecule has 0 bridgehead atoms. The van der Waals surface area contributed by atoms with E-state index in [1.165, 1.54) is 0 Å². The van der Waals surface area contributed by atoms with E-state index < -0.39 is 0 Å². The molecule has 0 saturated heterocycles. The van der Waals surface area contributed by atoms with Crippen LogP contribution < -0.4 is 9.64 Å². The summed E-state index contributed by atoms with van der Waals surface area (Å²) >= 11 is 0. The van der Waals surface area contributed by atoms with Gasteiger partial charge in [-0.2, -0.15) is 0 Å². The highest BCUT2D eigenvalue weighted by Gasteiger charge is 2.16. The maximum Gasteiger partial charge on any atom is 0.143 e. The number of allylic oxidation sites excluding steroid dienone is 1. The van der Waals surface area contributed by atoms with Crippen molar-refractivity contribution < 1.29 is 4.74 Å². The lowest BCUT2D eigenvalue weighted by Crippen LogP contribution is -2.30. The lowest BCUT2D eigenvalue weighted by atomic mass is 10.2. The SMILES string of the molecule is C=C(C)N1CCOc2ccccc21. The summed E-state index contributed by atoms with van der Waals surface area (Å²) in [6, 6.07) is 8.05. The van der Waals surface area contributed by atoms with E-state index in [1.807, 2.05) is 25.1 Å². The summed E-state index contributed by atoms with van der Waals surface area (Å²) in [6.45, 7) is 7.60. The molecule has 2 nitrogen and oxygen atoms in total. The standard InChI is InChI=1S/C11H13NO/c1-9(2)12-7-8-13-11-6-4-3-5-10(11)12/h3-6H,1,7-8H2,2H3. The maximum atomic E-state index is 5.52. The van der Waals surface area contributed by atoms with Gasteiger partial charge in [0, 0.05) is 5.70 Å². The van der Waals surface area contributed by atoms with Crippen molar-refractivity contribution in [1.29, 1.82) is 0 Å². The molecular weight excluding hydrogens is 162 g/mol. The minimum Gasteiger partial charge on any atom is -0.490 e. The first-order chi connectivity index (χ1) is 6.29. The van der Waals surface area contributed by atoms with Crippen LogP contribution in [0.1, 0.15) is 6.92 Å². The van der Waals surface area contributed by atoms with Crippen LogP contribution in [0.3, 0.4) is 0 Å². The first-order valence-corrected chi connectivity index (χ1v) is 4.44. The first kappa shape index (κ1) is 8.17. The smallest absolute Gasteiger partial charge is 0.143 e. The Balaban J connectivity index is 2.42. The first-order valence-electron chi connectivity index (χ1n) is 4.44. The largest absolute Gasteiger partial charge is 0.490 e. The highest BCUT2D eigenvalue weighted by molar-refractivity contribution is 5.62. The number of rotatable bonds is 1. The summed E-state index contributed by atoms with van der Waals surface area (Å²) in [5, 5.41) is 0. The molecule has 68 valence electrons. The molecule has 0 N–H and O–H groups in total. The van der Waals surface area contributed by atoms with E-state index in [0.29, 0.717) is 0 Å². The van der Waals surface area contributed by atoms with Crippen LogP contribution in [0.4, 0.5) is 5.69 Å². The number of anilines is 1. The highest BCUT2D eigenvalue weighted by Crippen LogP contribution is 2.32. The molecule has 1 aliphatic heterocycles. The second kappa shape index (κ2) is 3.13. The molecule has 1 aliphatic rings. The fraction of sp³-hybridized carbons (Fsp3) is 0.273. The van der Waals surface area contributed by atoms with Crippen molar-refractivity contribution in [3.63, 3.8) is 0 Å². The Labute approximate surface area is 78.4 Å². The van der Waals surface area contributed by atoms with Gasteiger partial charge >= 0.3 is 0 Å². The zero-order valence-electron chi connectivity index (χ0n) is 7.79. The summed E-state index contributed by atoms with van der Waals surface area (Å²) in [7, 11) is 0. The summed E-state index contributed by atoms with van der Waals surface area (Å²) < 4.78 is 5.52. The van der Waals surface area contributed by atoms with Crippen molar-refractivity contribution in [2.24, 2.45) is 0 Å². The topological polar surface area (TPSA) is 12.5 Å². The average Bonchev–Trinajstić information content (AvgIpc) is 2.17. The van der Waals surface area contributed by atoms with Gasteiger partial charge in [0.2, 0.25) is 0 Å². The molecule has 0 aliphatic carbocycles. The molecule has 0 radical (unpaired) electrons. The molecule has 0 aromatic heterocycles. The molecule has 0 fully saturated rings. The maximum absolute atomic E-state index is 5.52. The van der Waals surface area contributed by atoms with Gasteiger partial charge in [-0.1, -0.05) is 18.7 Å². The van der Waals surface area contributed by atoms with Crippen LogP contribution in [0.5, 0.6) is 5.75 Å². The van der Waals surface area contributed by atoms with Crippen LogP contribution in [0.2, 0.25) is 0 Å². The van der Waals surface area contributed by atoms with Crippen molar-refractivity contribution in [2.45, 2.75) is 6.92 Å². The van der Waals surface area contributed by atoms with Gasteiger partial charge in [0.05, 0.1) is 12.2 Å². The Morgan fingerprint density at radius 3 is 3.00 bits per heavy atom. The monoisotopic (exact) mass is 175 g/mol. The zero-order chi connectivity index (χ0) is 9.26. The minimum atomic E-state index is 0.740. The van der Waals surface area contributed by atoms with Crippen LogP contribution in [0.25, 0.3) is 0 Å². The van der Waals surface area contributed by atoms with Crippen molar-refractivity contribution in [3.05, 3.63) is 36.5 Å². The second-order valence-electron chi connectivity index (χ2n) is 3.20. The summed E-state index contributed by atoms with van der Waals surface area (Å²) in [4.78, 5) is 2.18. The van der Waals surface area contributed by atoms with Gasteiger partial charge in [0.1, 0.15) is 12.4 Å². The van der Waals surface area contributed by atoms with Gasteiger partial charge in [-0.05, 0) is 19.1 Å². The number of nitrogens with zero attached hydrogens (tertiary/aromatic N) is 1. The van der Waals surface area contributed by atoms with Gasteiger partial charge < -0.3 is 9.64 Å². The third kappa shape index (κ3) is 1.39. The summed E-state index contributed by atoms with van der Waals surface area (Å²) in [5.41, 5.74) is 2.19. The van der Waals surface area contributed by atoms with Gasteiger partial charge in [0.15, 0.2) is 0 Å². The molecule has 0 unspecified atom stereocenters. The predicted octanol–water partition coefficient (Wildman–Crippen LogP) is 2.42. The zero-order valence-corrected chi connectivity index (χ0v) is 7.79. The summed E-state index contributed by atoms with van der Waals surface area (Å²) in [5.74, 6) is 0.955. The number of benzene rings is 1. The molecule has 0 amide bonds. The van der Waals surface area contributed by atoms with Crippen LogP contribution in [-0.4, -0.2) is 13.2 Å². The van der Waals surface area contributed by atoms with Gasteiger partial charge in [-0.3, -0.25) is 0 Å². The minimum absolute atomic E-state index is 0.740. The molecule has 2 rings (SSSR count). The quantitative estimate of drug-likeness (QED) is 0.650. The molecule has 13 heavy (non-hydrogen) atoms. The Kier molecular flexibility index (Phi) is 1.97. The fourth-order valence-corrected chi connectivity index (χ4v) is 1.57. The lowest BCUT2D eigenvalue weighted by molar-refractivity contribution is 0.312. The average molecular weight is 175 g/mol. The van der Waals surface area contributed by atoms with E-state index in [4.69, 9.17) is 4.74 Å². The third-order valence-electron chi connectivity index (χ3n) is 2.19. The van der Waals surface area contributed by atoms with Crippen molar-refractivity contribution in [2.75, 3.05) is 18.1 Å². The van der Waals surface area contributed by atoms with Gasteiger partial charge in [-0.15, -0.1) is 0 Å². The number of hydrogen-bond acceptors (Lipinski definition) is 2. The molecule has 1 aromatic carbocycles. The number of fused-ring (bicyclic) bond motifs is 1. The molecule has 2 heteroatoms. The fourth-order valence-electron chi connectivity index (χ4n) is 1.57.